The Hall–Kier alpha value is -1.54. The van der Waals surface area contributed by atoms with Crippen molar-refractivity contribution in [3.05, 3.63) is 28.2 Å². The monoisotopic (exact) mass is 413 g/mol. The van der Waals surface area contributed by atoms with Gasteiger partial charge in [-0.25, -0.2) is 4.79 Å². The lowest BCUT2D eigenvalue weighted by molar-refractivity contribution is -0.136. The number of hydrogen-bond donors (Lipinski definition) is 2. The molecule has 1 aromatic rings. The molecule has 1 aromatic carbocycles. The van der Waals surface area contributed by atoms with E-state index in [0.717, 1.165) is 26.2 Å². The number of likely N-dealkylation sites (N-methyl/N-ethyl adjacent to an activating group) is 1. The van der Waals surface area contributed by atoms with Crippen LogP contribution < -0.4 is 10.6 Å². The minimum absolute atomic E-state index is 0.123. The maximum Gasteiger partial charge on any atom is 0.321 e. The third-order valence-corrected chi connectivity index (χ3v) is 5.79. The number of urea groups is 1. The number of benzene rings is 1. The molecule has 3 rings (SSSR count). The van der Waals surface area contributed by atoms with E-state index >= 15 is 0 Å². The fraction of sp³-hybridized carbons (Fsp3) is 0.556. The number of amides is 3. The van der Waals surface area contributed by atoms with E-state index in [4.69, 9.17) is 23.2 Å². The smallest absolute Gasteiger partial charge is 0.321 e. The highest BCUT2D eigenvalue weighted by Gasteiger charge is 2.31. The molecule has 2 fully saturated rings. The molecule has 0 bridgehead atoms. The summed E-state index contributed by atoms with van der Waals surface area (Å²) in [5, 5.41) is 6.97. The highest BCUT2D eigenvalue weighted by atomic mass is 35.5. The molecule has 2 aliphatic heterocycles. The van der Waals surface area contributed by atoms with Gasteiger partial charge in [0.05, 0.1) is 16.1 Å². The Bertz CT molecular complexity index is 694. The molecule has 0 aromatic heterocycles. The maximum absolute atomic E-state index is 12.7. The summed E-state index contributed by atoms with van der Waals surface area (Å²) in [5.41, 5.74) is 0.596. The summed E-state index contributed by atoms with van der Waals surface area (Å²) < 4.78 is 0. The summed E-state index contributed by atoms with van der Waals surface area (Å²) in [7, 11) is 0. The Balaban J connectivity index is 1.49. The molecule has 7 nitrogen and oxygen atoms in total. The zero-order valence-corrected chi connectivity index (χ0v) is 16.9. The number of nitrogens with one attached hydrogen (secondary N) is 2. The summed E-state index contributed by atoms with van der Waals surface area (Å²) in [6.07, 6.45) is 0. The minimum Gasteiger partial charge on any atom is -0.338 e. The molecule has 0 aliphatic carbocycles. The molecule has 0 unspecified atom stereocenters. The molecule has 2 aliphatic rings. The van der Waals surface area contributed by atoms with Crippen LogP contribution in [-0.4, -0.2) is 85.0 Å². The van der Waals surface area contributed by atoms with Gasteiger partial charge in [0.2, 0.25) is 5.91 Å². The van der Waals surface area contributed by atoms with Crippen molar-refractivity contribution in [1.82, 2.24) is 20.0 Å². The predicted octanol–water partition coefficient (Wildman–Crippen LogP) is 1.96. The zero-order chi connectivity index (χ0) is 19.4. The normalized spacial score (nSPS) is 21.2. The maximum atomic E-state index is 12.7. The molecule has 2 heterocycles. The second kappa shape index (κ2) is 9.10. The van der Waals surface area contributed by atoms with Crippen LogP contribution in [0.3, 0.4) is 0 Å². The number of nitrogens with zero attached hydrogens (tertiary/aromatic N) is 3. The van der Waals surface area contributed by atoms with Crippen LogP contribution >= 0.6 is 23.2 Å². The summed E-state index contributed by atoms with van der Waals surface area (Å²) in [5.74, 6) is 0.123. The van der Waals surface area contributed by atoms with Gasteiger partial charge in [0.1, 0.15) is 0 Å². The van der Waals surface area contributed by atoms with Crippen LogP contribution in [0.15, 0.2) is 18.2 Å². The average molecular weight is 414 g/mol. The van der Waals surface area contributed by atoms with Gasteiger partial charge in [-0.05, 0) is 24.7 Å². The van der Waals surface area contributed by atoms with Gasteiger partial charge in [-0.3, -0.25) is 4.79 Å². The van der Waals surface area contributed by atoms with Crippen molar-refractivity contribution in [2.45, 2.75) is 13.0 Å². The highest BCUT2D eigenvalue weighted by molar-refractivity contribution is 6.42. The second-order valence-corrected chi connectivity index (χ2v) is 7.59. The topological polar surface area (TPSA) is 67.9 Å². The van der Waals surface area contributed by atoms with Gasteiger partial charge in [0.15, 0.2) is 0 Å². The third-order valence-electron chi connectivity index (χ3n) is 5.05. The lowest BCUT2D eigenvalue weighted by Crippen LogP contribution is -2.60. The third kappa shape index (κ3) is 5.04. The van der Waals surface area contributed by atoms with Gasteiger partial charge in [-0.1, -0.05) is 30.1 Å². The van der Waals surface area contributed by atoms with Crippen LogP contribution in [0.25, 0.3) is 0 Å². The van der Waals surface area contributed by atoms with E-state index in [2.05, 4.69) is 22.5 Å². The number of rotatable bonds is 3. The first-order chi connectivity index (χ1) is 13.0. The van der Waals surface area contributed by atoms with E-state index in [1.165, 1.54) is 0 Å². The van der Waals surface area contributed by atoms with Crippen molar-refractivity contribution in [2.75, 3.05) is 57.7 Å². The van der Waals surface area contributed by atoms with Crippen LogP contribution in [0, 0.1) is 0 Å². The molecule has 27 heavy (non-hydrogen) atoms. The van der Waals surface area contributed by atoms with Crippen molar-refractivity contribution in [1.29, 1.82) is 0 Å². The standard InChI is InChI=1S/C18H25Cl2N5O2/c1-2-23-6-5-21-16(12-23)17(26)24-7-9-25(10-8-24)18(27)22-13-3-4-14(19)15(20)11-13/h3-4,11,16,21H,2,5-10,12H2,1H3,(H,22,27)/t16-/m1/s1. The lowest BCUT2D eigenvalue weighted by atomic mass is 10.1. The van der Waals surface area contributed by atoms with E-state index in [1.807, 2.05) is 4.90 Å². The van der Waals surface area contributed by atoms with Crippen molar-refractivity contribution in [3.8, 4) is 0 Å². The molecule has 0 saturated carbocycles. The molecular weight excluding hydrogens is 389 g/mol. The van der Waals surface area contributed by atoms with Crippen LogP contribution in [0.4, 0.5) is 10.5 Å². The summed E-state index contributed by atoms with van der Waals surface area (Å²) in [4.78, 5) is 31.0. The highest BCUT2D eigenvalue weighted by Crippen LogP contribution is 2.25. The Labute approximate surface area is 169 Å². The van der Waals surface area contributed by atoms with Crippen LogP contribution in [0.5, 0.6) is 0 Å². The lowest BCUT2D eigenvalue weighted by Gasteiger charge is -2.39. The molecule has 9 heteroatoms. The SMILES string of the molecule is CCN1CCN[C@@H](C(=O)N2CCN(C(=O)Nc3ccc(Cl)c(Cl)c3)CC2)C1. The zero-order valence-electron chi connectivity index (χ0n) is 15.4. The number of hydrogen-bond acceptors (Lipinski definition) is 4. The van der Waals surface area contributed by atoms with Gasteiger partial charge in [-0.2, -0.15) is 0 Å². The van der Waals surface area contributed by atoms with Crippen molar-refractivity contribution in [3.63, 3.8) is 0 Å². The first-order valence-electron chi connectivity index (χ1n) is 9.23. The number of carbonyl (C=O) groups excluding carboxylic acids is 2. The number of anilines is 1. The van der Waals surface area contributed by atoms with Crippen LogP contribution in [0.1, 0.15) is 6.92 Å². The van der Waals surface area contributed by atoms with Gasteiger partial charge < -0.3 is 25.3 Å². The Kier molecular flexibility index (Phi) is 6.81. The van der Waals surface area contributed by atoms with Crippen molar-refractivity contribution < 1.29 is 9.59 Å². The van der Waals surface area contributed by atoms with Crippen LogP contribution in [0.2, 0.25) is 10.0 Å². The molecule has 148 valence electrons. The second-order valence-electron chi connectivity index (χ2n) is 6.77. The van der Waals surface area contributed by atoms with E-state index in [-0.39, 0.29) is 18.0 Å². The van der Waals surface area contributed by atoms with E-state index in [0.29, 0.717) is 41.9 Å². The average Bonchev–Trinajstić information content (AvgIpc) is 2.70. The Morgan fingerprint density at radius 2 is 1.81 bits per heavy atom. The summed E-state index contributed by atoms with van der Waals surface area (Å²) in [6, 6.07) is 4.62. The minimum atomic E-state index is -0.201. The first-order valence-corrected chi connectivity index (χ1v) is 9.99. The predicted molar refractivity (Wildman–Crippen MR) is 108 cm³/mol. The molecule has 0 radical (unpaired) electrons. The van der Waals surface area contributed by atoms with E-state index in [1.54, 1.807) is 23.1 Å². The Morgan fingerprint density at radius 1 is 1.11 bits per heavy atom. The van der Waals surface area contributed by atoms with E-state index < -0.39 is 0 Å². The van der Waals surface area contributed by atoms with Crippen molar-refractivity contribution in [2.24, 2.45) is 0 Å². The van der Waals surface area contributed by atoms with Gasteiger partial charge >= 0.3 is 6.03 Å². The molecule has 3 amide bonds. The summed E-state index contributed by atoms with van der Waals surface area (Å²) >= 11 is 11.9. The van der Waals surface area contributed by atoms with Crippen LogP contribution in [-0.2, 0) is 4.79 Å². The number of halogens is 2. The summed E-state index contributed by atoms with van der Waals surface area (Å²) in [6.45, 7) is 7.70. The van der Waals surface area contributed by atoms with Gasteiger partial charge in [0, 0.05) is 51.5 Å². The molecule has 1 atom stereocenters. The molecule has 2 N–H and O–H groups in total. The van der Waals surface area contributed by atoms with E-state index in [9.17, 15) is 9.59 Å². The molecule has 0 spiro atoms. The Morgan fingerprint density at radius 3 is 2.48 bits per heavy atom. The molecular formula is C18H25Cl2N5O2. The van der Waals surface area contributed by atoms with Crippen molar-refractivity contribution >= 4 is 40.8 Å². The molecule has 2 saturated heterocycles. The quantitative estimate of drug-likeness (QED) is 0.794. The fourth-order valence-electron chi connectivity index (χ4n) is 3.39. The number of carbonyl (C=O) groups is 2. The first kappa shape index (κ1) is 20.2. The largest absolute Gasteiger partial charge is 0.338 e. The number of piperazine rings is 2. The van der Waals surface area contributed by atoms with Gasteiger partial charge in [0.25, 0.3) is 0 Å². The van der Waals surface area contributed by atoms with Gasteiger partial charge in [-0.15, -0.1) is 0 Å². The fourth-order valence-corrected chi connectivity index (χ4v) is 3.69.